The summed E-state index contributed by atoms with van der Waals surface area (Å²) in [5.74, 6) is 0.871. The van der Waals surface area contributed by atoms with Gasteiger partial charge in [-0.25, -0.2) is 0 Å². The van der Waals surface area contributed by atoms with Crippen LogP contribution in [0, 0.1) is 11.3 Å². The summed E-state index contributed by atoms with van der Waals surface area (Å²) in [6.07, 6.45) is 6.08. The molecule has 0 radical (unpaired) electrons. The van der Waals surface area contributed by atoms with E-state index >= 15 is 0 Å². The number of ether oxygens (including phenoxy) is 1. The number of hydrogen-bond donors (Lipinski definition) is 2. The fourth-order valence-corrected chi connectivity index (χ4v) is 3.28. The fraction of sp³-hybridized carbons (Fsp3) is 0.933. The first-order valence-electron chi connectivity index (χ1n) is 7.60. The zero-order chi connectivity index (χ0) is 13.9. The second kappa shape index (κ2) is 5.80. The van der Waals surface area contributed by atoms with E-state index in [-0.39, 0.29) is 16.9 Å². The minimum absolute atomic E-state index is 0.148. The fourth-order valence-electron chi connectivity index (χ4n) is 3.28. The van der Waals surface area contributed by atoms with Gasteiger partial charge in [0.15, 0.2) is 0 Å². The molecule has 3 N–H and O–H groups in total. The highest BCUT2D eigenvalue weighted by molar-refractivity contribution is 5.83. The molecule has 0 aromatic carbocycles. The largest absolute Gasteiger partial charge is 0.379 e. The Morgan fingerprint density at radius 3 is 2.58 bits per heavy atom. The molecule has 1 unspecified atom stereocenters. The van der Waals surface area contributed by atoms with Crippen molar-refractivity contribution in [2.75, 3.05) is 19.8 Å². The summed E-state index contributed by atoms with van der Waals surface area (Å²) in [5, 5.41) is 3.23. The zero-order valence-electron chi connectivity index (χ0n) is 12.3. The maximum atomic E-state index is 12.7. The van der Waals surface area contributed by atoms with E-state index < -0.39 is 0 Å². The summed E-state index contributed by atoms with van der Waals surface area (Å²) in [6.45, 7) is 6.23. The van der Waals surface area contributed by atoms with Crippen LogP contribution in [0.2, 0.25) is 0 Å². The van der Waals surface area contributed by atoms with Crippen LogP contribution in [0.15, 0.2) is 0 Å². The summed E-state index contributed by atoms with van der Waals surface area (Å²) in [7, 11) is 0. The maximum Gasteiger partial charge on any atom is 0.227 e. The third kappa shape index (κ3) is 3.29. The van der Waals surface area contributed by atoms with E-state index in [0.29, 0.717) is 13.2 Å². The molecule has 1 aliphatic heterocycles. The molecule has 2 fully saturated rings. The molecular formula is C15H28N2O2. The minimum atomic E-state index is -0.340. The Bertz CT molecular complexity index is 316. The Morgan fingerprint density at radius 1 is 1.37 bits per heavy atom. The van der Waals surface area contributed by atoms with Gasteiger partial charge in [-0.05, 0) is 51.4 Å². The summed E-state index contributed by atoms with van der Waals surface area (Å²) in [6, 6.07) is 0. The van der Waals surface area contributed by atoms with Crippen LogP contribution in [0.5, 0.6) is 0 Å². The monoisotopic (exact) mass is 268 g/mol. The molecule has 4 heteroatoms. The first-order valence-corrected chi connectivity index (χ1v) is 7.60. The molecule has 1 amide bonds. The standard InChI is InChI=1S/C15H28N2O2/c1-12-4-7-15(10-16,8-5-12)13(18)17-14(2)6-3-9-19-11-14/h12H,3-11,16H2,1-2H3,(H,17,18). The first kappa shape index (κ1) is 14.8. The second-order valence-corrected chi connectivity index (χ2v) is 6.84. The molecule has 110 valence electrons. The predicted molar refractivity (Wildman–Crippen MR) is 75.7 cm³/mol. The minimum Gasteiger partial charge on any atom is -0.379 e. The van der Waals surface area contributed by atoms with Crippen LogP contribution in [0.3, 0.4) is 0 Å². The van der Waals surface area contributed by atoms with E-state index in [2.05, 4.69) is 19.2 Å². The number of hydrogen-bond acceptors (Lipinski definition) is 3. The van der Waals surface area contributed by atoms with Crippen molar-refractivity contribution in [1.82, 2.24) is 5.32 Å². The Morgan fingerprint density at radius 2 is 2.05 bits per heavy atom. The van der Waals surface area contributed by atoms with Crippen LogP contribution in [-0.4, -0.2) is 31.2 Å². The molecule has 1 atom stereocenters. The summed E-state index contributed by atoms with van der Waals surface area (Å²) in [4.78, 5) is 12.7. The summed E-state index contributed by atoms with van der Waals surface area (Å²) in [5.41, 5.74) is 5.39. The molecule has 2 rings (SSSR count). The van der Waals surface area contributed by atoms with Crippen molar-refractivity contribution in [2.45, 2.75) is 57.9 Å². The van der Waals surface area contributed by atoms with Gasteiger partial charge in [0.05, 0.1) is 17.6 Å². The lowest BCUT2D eigenvalue weighted by molar-refractivity contribution is -0.136. The topological polar surface area (TPSA) is 64.4 Å². The molecule has 1 heterocycles. The van der Waals surface area contributed by atoms with Gasteiger partial charge in [-0.1, -0.05) is 6.92 Å². The molecule has 0 bridgehead atoms. The van der Waals surface area contributed by atoms with E-state index in [1.165, 1.54) is 0 Å². The highest BCUT2D eigenvalue weighted by Gasteiger charge is 2.42. The normalized spacial score (nSPS) is 39.8. The van der Waals surface area contributed by atoms with Crippen molar-refractivity contribution >= 4 is 5.91 Å². The molecule has 19 heavy (non-hydrogen) atoms. The molecule has 1 aliphatic carbocycles. The van der Waals surface area contributed by atoms with Gasteiger partial charge in [0, 0.05) is 13.2 Å². The lowest BCUT2D eigenvalue weighted by Crippen LogP contribution is -2.58. The quantitative estimate of drug-likeness (QED) is 0.820. The van der Waals surface area contributed by atoms with Crippen LogP contribution in [0.1, 0.15) is 52.4 Å². The molecule has 4 nitrogen and oxygen atoms in total. The molecule has 1 saturated heterocycles. The lowest BCUT2D eigenvalue weighted by Gasteiger charge is -2.41. The van der Waals surface area contributed by atoms with Gasteiger partial charge in [0.2, 0.25) is 5.91 Å². The van der Waals surface area contributed by atoms with Crippen molar-refractivity contribution in [2.24, 2.45) is 17.1 Å². The van der Waals surface area contributed by atoms with Gasteiger partial charge in [0.25, 0.3) is 0 Å². The van der Waals surface area contributed by atoms with Gasteiger partial charge in [-0.2, -0.15) is 0 Å². The predicted octanol–water partition coefficient (Wildman–Crippen LogP) is 1.83. The van der Waals surface area contributed by atoms with Gasteiger partial charge in [-0.15, -0.1) is 0 Å². The van der Waals surface area contributed by atoms with Crippen molar-refractivity contribution in [1.29, 1.82) is 0 Å². The number of nitrogens with one attached hydrogen (secondary N) is 1. The van der Waals surface area contributed by atoms with Crippen LogP contribution in [0.25, 0.3) is 0 Å². The average molecular weight is 268 g/mol. The number of carbonyl (C=O) groups excluding carboxylic acids is 1. The highest BCUT2D eigenvalue weighted by Crippen LogP contribution is 2.39. The van der Waals surface area contributed by atoms with E-state index in [0.717, 1.165) is 51.0 Å². The third-order valence-electron chi connectivity index (χ3n) is 4.96. The van der Waals surface area contributed by atoms with E-state index in [4.69, 9.17) is 10.5 Å². The summed E-state index contributed by atoms with van der Waals surface area (Å²) < 4.78 is 5.51. The van der Waals surface area contributed by atoms with Crippen molar-refractivity contribution in [3.63, 3.8) is 0 Å². The van der Waals surface area contributed by atoms with Gasteiger partial charge >= 0.3 is 0 Å². The van der Waals surface area contributed by atoms with Gasteiger partial charge in [-0.3, -0.25) is 4.79 Å². The average Bonchev–Trinajstić information content (AvgIpc) is 2.40. The van der Waals surface area contributed by atoms with Crippen molar-refractivity contribution in [3.8, 4) is 0 Å². The highest BCUT2D eigenvalue weighted by atomic mass is 16.5. The number of nitrogens with two attached hydrogens (primary N) is 1. The number of carbonyl (C=O) groups is 1. The number of rotatable bonds is 3. The number of amides is 1. The molecule has 2 aliphatic rings. The maximum absolute atomic E-state index is 12.7. The van der Waals surface area contributed by atoms with Crippen LogP contribution < -0.4 is 11.1 Å². The van der Waals surface area contributed by atoms with Crippen LogP contribution >= 0.6 is 0 Å². The summed E-state index contributed by atoms with van der Waals surface area (Å²) >= 11 is 0. The molecule has 0 aromatic rings. The van der Waals surface area contributed by atoms with Crippen LogP contribution in [0.4, 0.5) is 0 Å². The molecule has 0 spiro atoms. The molecule has 1 saturated carbocycles. The molecular weight excluding hydrogens is 240 g/mol. The van der Waals surface area contributed by atoms with Crippen molar-refractivity contribution in [3.05, 3.63) is 0 Å². The SMILES string of the molecule is CC1CCC(CN)(C(=O)NC2(C)CCCOC2)CC1. The smallest absolute Gasteiger partial charge is 0.227 e. The van der Waals surface area contributed by atoms with Crippen molar-refractivity contribution < 1.29 is 9.53 Å². The van der Waals surface area contributed by atoms with Gasteiger partial charge < -0.3 is 15.8 Å². The first-order chi connectivity index (χ1) is 9.00. The van der Waals surface area contributed by atoms with E-state index in [1.54, 1.807) is 0 Å². The Labute approximate surface area is 116 Å². The Balaban J connectivity index is 2.00. The van der Waals surface area contributed by atoms with E-state index in [9.17, 15) is 4.79 Å². The molecule has 0 aromatic heterocycles. The van der Waals surface area contributed by atoms with E-state index in [1.807, 2.05) is 0 Å². The zero-order valence-corrected chi connectivity index (χ0v) is 12.3. The Hall–Kier alpha value is -0.610. The second-order valence-electron chi connectivity index (χ2n) is 6.84. The third-order valence-corrected chi connectivity index (χ3v) is 4.96. The Kier molecular flexibility index (Phi) is 4.51. The van der Waals surface area contributed by atoms with Crippen LogP contribution in [-0.2, 0) is 9.53 Å². The lowest BCUT2D eigenvalue weighted by atomic mass is 9.70. The van der Waals surface area contributed by atoms with Gasteiger partial charge in [0.1, 0.15) is 0 Å².